The highest BCUT2D eigenvalue weighted by Crippen LogP contribution is 2.14. The predicted molar refractivity (Wildman–Crippen MR) is 66.1 cm³/mol. The Bertz CT molecular complexity index is 572. The van der Waals surface area contributed by atoms with Crippen molar-refractivity contribution >= 4 is 29.7 Å². The summed E-state index contributed by atoms with van der Waals surface area (Å²) in [6.07, 6.45) is 0. The van der Waals surface area contributed by atoms with Crippen LogP contribution in [-0.4, -0.2) is 21.3 Å². The number of aromatic amines is 1. The number of nitrogens with one attached hydrogen (secondary N) is 2. The number of anilines is 2. The van der Waals surface area contributed by atoms with E-state index in [1.54, 1.807) is 24.3 Å². The summed E-state index contributed by atoms with van der Waals surface area (Å²) in [6.45, 7) is 0. The lowest BCUT2D eigenvalue weighted by molar-refractivity contribution is 0.0697. The first-order valence-electron chi connectivity index (χ1n) is 4.81. The third-order valence-corrected chi connectivity index (χ3v) is 2.31. The molecule has 0 fully saturated rings. The van der Waals surface area contributed by atoms with Crippen molar-refractivity contribution in [2.75, 3.05) is 5.32 Å². The van der Waals surface area contributed by atoms with Gasteiger partial charge < -0.3 is 10.4 Å². The molecule has 1 aromatic carbocycles. The van der Waals surface area contributed by atoms with Gasteiger partial charge in [0.15, 0.2) is 5.82 Å². The zero-order valence-electron chi connectivity index (χ0n) is 8.68. The maximum atomic E-state index is 10.7. The lowest BCUT2D eigenvalue weighted by atomic mass is 10.2. The highest BCUT2D eigenvalue weighted by atomic mass is 32.1. The molecule has 1 aromatic heterocycles. The van der Waals surface area contributed by atoms with Crippen LogP contribution in [0.4, 0.5) is 11.5 Å². The number of benzene rings is 1. The van der Waals surface area contributed by atoms with Crippen molar-refractivity contribution in [1.29, 1.82) is 0 Å². The molecule has 86 valence electrons. The molecule has 6 heteroatoms. The van der Waals surface area contributed by atoms with Crippen LogP contribution in [0.25, 0.3) is 0 Å². The summed E-state index contributed by atoms with van der Waals surface area (Å²) in [4.78, 5) is 10.7. The molecule has 0 saturated heterocycles. The fourth-order valence-corrected chi connectivity index (χ4v) is 1.37. The number of hydrogen-bond donors (Lipinski definition) is 3. The number of carboxylic acid groups (broad SMARTS) is 1. The second-order valence-corrected chi connectivity index (χ2v) is 3.75. The predicted octanol–water partition coefficient (Wildman–Crippen LogP) is 2.58. The van der Waals surface area contributed by atoms with Gasteiger partial charge in [-0.25, -0.2) is 4.79 Å². The number of nitrogens with zero attached hydrogens (tertiary/aromatic N) is 1. The van der Waals surface area contributed by atoms with Crippen LogP contribution >= 0.6 is 12.2 Å². The molecule has 0 atom stereocenters. The third kappa shape index (κ3) is 2.88. The minimum absolute atomic E-state index is 0.246. The molecule has 0 radical (unpaired) electrons. The SMILES string of the molecule is O=C(O)c1ccc(Nc2ccc(=S)[nH]n2)cc1. The number of aromatic carboxylic acids is 1. The molecule has 0 aliphatic heterocycles. The number of aromatic nitrogens is 2. The van der Waals surface area contributed by atoms with Crippen molar-refractivity contribution < 1.29 is 9.90 Å². The van der Waals surface area contributed by atoms with E-state index in [2.05, 4.69) is 15.5 Å². The first kappa shape index (κ1) is 11.3. The van der Waals surface area contributed by atoms with Crippen molar-refractivity contribution in [1.82, 2.24) is 10.2 Å². The summed E-state index contributed by atoms with van der Waals surface area (Å²) >= 11 is 4.87. The third-order valence-electron chi connectivity index (χ3n) is 2.08. The van der Waals surface area contributed by atoms with Gasteiger partial charge in [-0.15, -0.1) is 0 Å². The normalized spacial score (nSPS) is 9.88. The van der Waals surface area contributed by atoms with Crippen LogP contribution < -0.4 is 5.32 Å². The smallest absolute Gasteiger partial charge is 0.335 e. The maximum absolute atomic E-state index is 10.7. The Hall–Kier alpha value is -2.21. The number of rotatable bonds is 3. The second kappa shape index (κ2) is 4.75. The fourth-order valence-electron chi connectivity index (χ4n) is 1.26. The van der Waals surface area contributed by atoms with Gasteiger partial charge in [-0.2, -0.15) is 5.10 Å². The number of hydrogen-bond acceptors (Lipinski definition) is 4. The number of carbonyl (C=O) groups is 1. The zero-order valence-corrected chi connectivity index (χ0v) is 9.49. The van der Waals surface area contributed by atoms with E-state index in [4.69, 9.17) is 17.3 Å². The van der Waals surface area contributed by atoms with Gasteiger partial charge in [0.1, 0.15) is 4.64 Å². The van der Waals surface area contributed by atoms with Crippen LogP contribution in [0.15, 0.2) is 36.4 Å². The van der Waals surface area contributed by atoms with Gasteiger partial charge in [-0.1, -0.05) is 12.2 Å². The molecule has 3 N–H and O–H groups in total. The minimum atomic E-state index is -0.946. The van der Waals surface area contributed by atoms with Gasteiger partial charge in [0.05, 0.1) is 5.56 Å². The summed E-state index contributed by atoms with van der Waals surface area (Å²) in [6, 6.07) is 9.85. The lowest BCUT2D eigenvalue weighted by Crippen LogP contribution is -1.98. The molecule has 0 saturated carbocycles. The second-order valence-electron chi connectivity index (χ2n) is 3.31. The van der Waals surface area contributed by atoms with Gasteiger partial charge in [-0.05, 0) is 36.4 Å². The Kier molecular flexibility index (Phi) is 3.15. The molecule has 17 heavy (non-hydrogen) atoms. The van der Waals surface area contributed by atoms with Crippen LogP contribution in [0.2, 0.25) is 0 Å². The summed E-state index contributed by atoms with van der Waals surface area (Å²) < 4.78 is 0.553. The van der Waals surface area contributed by atoms with E-state index in [0.29, 0.717) is 10.5 Å². The fraction of sp³-hybridized carbons (Fsp3) is 0. The first-order valence-corrected chi connectivity index (χ1v) is 5.22. The quantitative estimate of drug-likeness (QED) is 0.726. The average Bonchev–Trinajstić information content (AvgIpc) is 2.33. The van der Waals surface area contributed by atoms with Crippen LogP contribution in [-0.2, 0) is 0 Å². The van der Waals surface area contributed by atoms with Crippen molar-refractivity contribution in [3.63, 3.8) is 0 Å². The summed E-state index contributed by atoms with van der Waals surface area (Å²) in [7, 11) is 0. The van der Waals surface area contributed by atoms with Gasteiger partial charge in [0, 0.05) is 5.69 Å². The van der Waals surface area contributed by atoms with E-state index in [0.717, 1.165) is 5.69 Å². The van der Waals surface area contributed by atoms with Crippen molar-refractivity contribution in [2.24, 2.45) is 0 Å². The molecular formula is C11H9N3O2S. The topological polar surface area (TPSA) is 78.0 Å². The van der Waals surface area contributed by atoms with Crippen molar-refractivity contribution in [3.8, 4) is 0 Å². The number of carboxylic acids is 1. The van der Waals surface area contributed by atoms with Crippen LogP contribution in [0, 0.1) is 4.64 Å². The van der Waals surface area contributed by atoms with Gasteiger partial charge in [0.25, 0.3) is 0 Å². The Balaban J connectivity index is 2.16. The summed E-state index contributed by atoms with van der Waals surface area (Å²) in [5.74, 6) is -0.333. The van der Waals surface area contributed by atoms with E-state index in [1.807, 2.05) is 0 Å². The molecule has 0 aliphatic carbocycles. The lowest BCUT2D eigenvalue weighted by Gasteiger charge is -2.04. The Morgan fingerprint density at radius 1 is 1.24 bits per heavy atom. The Morgan fingerprint density at radius 3 is 2.47 bits per heavy atom. The Morgan fingerprint density at radius 2 is 1.94 bits per heavy atom. The summed E-state index contributed by atoms with van der Waals surface area (Å²) in [5, 5.41) is 18.4. The minimum Gasteiger partial charge on any atom is -0.478 e. The first-order chi connectivity index (χ1) is 8.15. The molecule has 0 aliphatic rings. The monoisotopic (exact) mass is 247 g/mol. The molecule has 0 unspecified atom stereocenters. The molecule has 2 rings (SSSR count). The van der Waals surface area contributed by atoms with E-state index in [9.17, 15) is 4.79 Å². The molecule has 2 aromatic rings. The molecule has 0 spiro atoms. The highest BCUT2D eigenvalue weighted by Gasteiger charge is 2.01. The van der Waals surface area contributed by atoms with E-state index in [-0.39, 0.29) is 5.56 Å². The maximum Gasteiger partial charge on any atom is 0.335 e. The van der Waals surface area contributed by atoms with E-state index < -0.39 is 5.97 Å². The van der Waals surface area contributed by atoms with Crippen LogP contribution in [0.5, 0.6) is 0 Å². The summed E-state index contributed by atoms with van der Waals surface area (Å²) in [5.41, 5.74) is 1.00. The van der Waals surface area contributed by atoms with E-state index >= 15 is 0 Å². The average molecular weight is 247 g/mol. The number of H-pyrrole nitrogens is 1. The Labute approximate surface area is 102 Å². The molecule has 0 amide bonds. The van der Waals surface area contributed by atoms with Gasteiger partial charge >= 0.3 is 5.97 Å². The van der Waals surface area contributed by atoms with Crippen LogP contribution in [0.1, 0.15) is 10.4 Å². The molecule has 0 bridgehead atoms. The standard InChI is InChI=1S/C11H9N3O2S/c15-11(16)7-1-3-8(4-2-7)12-9-5-6-10(17)14-13-9/h1-6H,(H,12,13)(H,14,17)(H,15,16). The molecular weight excluding hydrogens is 238 g/mol. The molecule has 1 heterocycles. The molecule has 5 nitrogen and oxygen atoms in total. The van der Waals surface area contributed by atoms with E-state index in [1.165, 1.54) is 12.1 Å². The largest absolute Gasteiger partial charge is 0.478 e. The van der Waals surface area contributed by atoms with Gasteiger partial charge in [-0.3, -0.25) is 5.10 Å². The van der Waals surface area contributed by atoms with Crippen LogP contribution in [0.3, 0.4) is 0 Å². The van der Waals surface area contributed by atoms with Gasteiger partial charge in [0.2, 0.25) is 0 Å². The van der Waals surface area contributed by atoms with Crippen molar-refractivity contribution in [2.45, 2.75) is 0 Å². The zero-order chi connectivity index (χ0) is 12.3. The van der Waals surface area contributed by atoms with Crippen molar-refractivity contribution in [3.05, 3.63) is 46.6 Å². The highest BCUT2D eigenvalue weighted by molar-refractivity contribution is 7.71.